The van der Waals surface area contributed by atoms with Gasteiger partial charge < -0.3 is 11.1 Å². The molecule has 0 saturated carbocycles. The fraction of sp³-hybridized carbons (Fsp3) is 0.217. The van der Waals surface area contributed by atoms with Gasteiger partial charge in [0.15, 0.2) is 5.65 Å². The maximum absolute atomic E-state index is 13.0. The van der Waals surface area contributed by atoms with Gasteiger partial charge in [-0.2, -0.15) is 18.3 Å². The average molecular weight is 454 g/mol. The molecular weight excluding hydrogens is 433 g/mol. The van der Waals surface area contributed by atoms with E-state index in [1.54, 1.807) is 22.9 Å². The highest BCUT2D eigenvalue weighted by atomic mass is 19.4. The molecule has 0 aliphatic heterocycles. The standard InChI is InChI=1S/C23H21F3N6O/c1-13(2)32-21-19(20(27)28-12-29-21)18(31-32)10-14-5-3-8-17(9-14)30-22(33)15-6-4-7-16(11-15)23(24,25)26/h3-9,11-13H,10H2,1-2H3,(H,30,33)(H2,27,28,29). The Balaban J connectivity index is 1.59. The van der Waals surface area contributed by atoms with Crippen LogP contribution in [0.4, 0.5) is 24.7 Å². The zero-order chi connectivity index (χ0) is 23.8. The Morgan fingerprint density at radius 3 is 2.61 bits per heavy atom. The first kappa shape index (κ1) is 22.3. The lowest BCUT2D eigenvalue weighted by Crippen LogP contribution is -2.14. The number of alkyl halides is 3. The second-order valence-electron chi connectivity index (χ2n) is 7.85. The van der Waals surface area contributed by atoms with Crippen molar-refractivity contribution < 1.29 is 18.0 Å². The van der Waals surface area contributed by atoms with E-state index in [-0.39, 0.29) is 11.6 Å². The number of nitrogens with zero attached hydrogens (tertiary/aromatic N) is 4. The molecule has 3 N–H and O–H groups in total. The Labute approximate surface area is 187 Å². The number of aromatic nitrogens is 4. The molecule has 0 saturated heterocycles. The summed E-state index contributed by atoms with van der Waals surface area (Å²) in [6.45, 7) is 3.97. The van der Waals surface area contributed by atoms with Crippen LogP contribution in [0.25, 0.3) is 11.0 Å². The summed E-state index contributed by atoms with van der Waals surface area (Å²) in [6.07, 6.45) is -2.73. The molecule has 0 aliphatic rings. The first-order valence-corrected chi connectivity index (χ1v) is 10.2. The molecule has 0 spiro atoms. The molecule has 2 aromatic carbocycles. The van der Waals surface area contributed by atoms with E-state index in [9.17, 15) is 18.0 Å². The van der Waals surface area contributed by atoms with Crippen LogP contribution < -0.4 is 11.1 Å². The Hall–Kier alpha value is -3.95. The van der Waals surface area contributed by atoms with Crippen molar-refractivity contribution in [1.29, 1.82) is 0 Å². The van der Waals surface area contributed by atoms with Gasteiger partial charge in [-0.3, -0.25) is 4.79 Å². The van der Waals surface area contributed by atoms with E-state index in [4.69, 9.17) is 5.73 Å². The molecule has 4 aromatic rings. The number of carbonyl (C=O) groups is 1. The largest absolute Gasteiger partial charge is 0.416 e. The van der Waals surface area contributed by atoms with Crippen LogP contribution >= 0.6 is 0 Å². The number of carbonyl (C=O) groups excluding carboxylic acids is 1. The van der Waals surface area contributed by atoms with E-state index < -0.39 is 17.6 Å². The number of hydrogen-bond donors (Lipinski definition) is 2. The molecule has 0 fully saturated rings. The van der Waals surface area contributed by atoms with Crippen molar-refractivity contribution in [3.05, 3.63) is 77.2 Å². The third-order valence-electron chi connectivity index (χ3n) is 5.09. The highest BCUT2D eigenvalue weighted by molar-refractivity contribution is 6.04. The summed E-state index contributed by atoms with van der Waals surface area (Å²) in [5.41, 5.74) is 7.74. The van der Waals surface area contributed by atoms with E-state index in [0.717, 1.165) is 17.7 Å². The number of benzene rings is 2. The van der Waals surface area contributed by atoms with E-state index in [1.165, 1.54) is 18.5 Å². The Morgan fingerprint density at radius 2 is 1.88 bits per heavy atom. The molecule has 170 valence electrons. The number of nitrogens with one attached hydrogen (secondary N) is 1. The summed E-state index contributed by atoms with van der Waals surface area (Å²) >= 11 is 0. The second kappa shape index (κ2) is 8.53. The first-order valence-electron chi connectivity index (χ1n) is 10.2. The second-order valence-corrected chi connectivity index (χ2v) is 7.85. The maximum Gasteiger partial charge on any atom is 0.416 e. The van der Waals surface area contributed by atoms with Crippen molar-refractivity contribution in [2.45, 2.75) is 32.5 Å². The predicted octanol–water partition coefficient (Wildman–Crippen LogP) is 4.85. The minimum absolute atomic E-state index is 0.0636. The average Bonchev–Trinajstić information content (AvgIpc) is 3.13. The Morgan fingerprint density at radius 1 is 1.12 bits per heavy atom. The third kappa shape index (κ3) is 4.64. The molecule has 0 aliphatic carbocycles. The van der Waals surface area contributed by atoms with Gasteiger partial charge in [-0.05, 0) is 49.7 Å². The van der Waals surface area contributed by atoms with Crippen molar-refractivity contribution >= 4 is 28.4 Å². The van der Waals surface area contributed by atoms with Gasteiger partial charge in [0.05, 0.1) is 16.6 Å². The van der Waals surface area contributed by atoms with Crippen LogP contribution in [-0.4, -0.2) is 25.7 Å². The van der Waals surface area contributed by atoms with E-state index in [1.807, 2.05) is 19.9 Å². The highest BCUT2D eigenvalue weighted by Crippen LogP contribution is 2.30. The van der Waals surface area contributed by atoms with E-state index >= 15 is 0 Å². The van der Waals surface area contributed by atoms with Crippen LogP contribution in [0.2, 0.25) is 0 Å². The topological polar surface area (TPSA) is 98.7 Å². The molecule has 0 unspecified atom stereocenters. The van der Waals surface area contributed by atoms with Crippen LogP contribution in [0, 0.1) is 0 Å². The molecule has 2 heterocycles. The maximum atomic E-state index is 13.0. The number of rotatable bonds is 5. The van der Waals surface area contributed by atoms with Crippen molar-refractivity contribution in [2.75, 3.05) is 11.1 Å². The summed E-state index contributed by atoms with van der Waals surface area (Å²) in [5, 5.41) is 7.98. The SMILES string of the molecule is CC(C)n1nc(Cc2cccc(NC(=O)c3cccc(C(F)(F)F)c3)c2)c2c(N)ncnc21. The van der Waals surface area contributed by atoms with Gasteiger partial charge in [-0.1, -0.05) is 18.2 Å². The van der Waals surface area contributed by atoms with Gasteiger partial charge in [0.1, 0.15) is 12.1 Å². The molecule has 4 rings (SSSR count). The quantitative estimate of drug-likeness (QED) is 0.449. The number of hydrogen-bond acceptors (Lipinski definition) is 5. The Bertz CT molecular complexity index is 1330. The van der Waals surface area contributed by atoms with Crippen molar-refractivity contribution in [3.8, 4) is 0 Å². The molecule has 1 amide bonds. The fourth-order valence-electron chi connectivity index (χ4n) is 3.54. The number of fused-ring (bicyclic) bond motifs is 1. The molecule has 2 aromatic heterocycles. The van der Waals surface area contributed by atoms with Gasteiger partial charge in [-0.25, -0.2) is 14.6 Å². The van der Waals surface area contributed by atoms with Crippen LogP contribution in [0.15, 0.2) is 54.9 Å². The van der Waals surface area contributed by atoms with Crippen molar-refractivity contribution in [2.24, 2.45) is 0 Å². The zero-order valence-corrected chi connectivity index (χ0v) is 17.9. The lowest BCUT2D eigenvalue weighted by Gasteiger charge is -2.10. The highest BCUT2D eigenvalue weighted by Gasteiger charge is 2.30. The third-order valence-corrected chi connectivity index (χ3v) is 5.09. The van der Waals surface area contributed by atoms with Crippen molar-refractivity contribution in [3.63, 3.8) is 0 Å². The van der Waals surface area contributed by atoms with Gasteiger partial charge >= 0.3 is 6.18 Å². The lowest BCUT2D eigenvalue weighted by molar-refractivity contribution is -0.137. The molecular formula is C23H21F3N6O. The summed E-state index contributed by atoms with van der Waals surface area (Å²) in [5.74, 6) is -0.304. The van der Waals surface area contributed by atoms with E-state index in [2.05, 4.69) is 20.4 Å². The minimum Gasteiger partial charge on any atom is -0.383 e. The minimum atomic E-state index is -4.52. The van der Waals surface area contributed by atoms with Crippen LogP contribution in [0.5, 0.6) is 0 Å². The molecule has 0 radical (unpaired) electrons. The normalized spacial score (nSPS) is 11.8. The van der Waals surface area contributed by atoms with Crippen LogP contribution in [0.1, 0.15) is 47.1 Å². The number of nitrogen functional groups attached to an aromatic ring is 1. The molecule has 33 heavy (non-hydrogen) atoms. The molecule has 0 atom stereocenters. The summed E-state index contributed by atoms with van der Waals surface area (Å²) in [6, 6.07) is 11.4. The monoisotopic (exact) mass is 454 g/mol. The smallest absolute Gasteiger partial charge is 0.383 e. The predicted molar refractivity (Wildman–Crippen MR) is 119 cm³/mol. The van der Waals surface area contributed by atoms with Gasteiger partial charge in [-0.15, -0.1) is 0 Å². The molecule has 0 bridgehead atoms. The fourth-order valence-corrected chi connectivity index (χ4v) is 3.54. The zero-order valence-electron chi connectivity index (χ0n) is 17.9. The molecule has 10 heteroatoms. The summed E-state index contributed by atoms with van der Waals surface area (Å²) < 4.78 is 40.6. The number of amides is 1. The Kier molecular flexibility index (Phi) is 5.75. The van der Waals surface area contributed by atoms with Crippen molar-refractivity contribution in [1.82, 2.24) is 19.7 Å². The van der Waals surface area contributed by atoms with Crippen LogP contribution in [0.3, 0.4) is 0 Å². The van der Waals surface area contributed by atoms with Gasteiger partial charge in [0, 0.05) is 23.7 Å². The van der Waals surface area contributed by atoms with Gasteiger partial charge in [0.25, 0.3) is 5.91 Å². The lowest BCUT2D eigenvalue weighted by atomic mass is 10.1. The number of nitrogens with two attached hydrogens (primary N) is 1. The molecule has 7 nitrogen and oxygen atoms in total. The summed E-state index contributed by atoms with van der Waals surface area (Å²) in [7, 11) is 0. The van der Waals surface area contributed by atoms with Gasteiger partial charge in [0.2, 0.25) is 0 Å². The van der Waals surface area contributed by atoms with Crippen LogP contribution in [-0.2, 0) is 12.6 Å². The first-order chi connectivity index (χ1) is 15.6. The number of halogens is 3. The summed E-state index contributed by atoms with van der Waals surface area (Å²) in [4.78, 5) is 20.9. The number of anilines is 2. The van der Waals surface area contributed by atoms with E-state index in [0.29, 0.717) is 34.7 Å².